The Morgan fingerprint density at radius 2 is 1.75 bits per heavy atom. The third-order valence-corrected chi connectivity index (χ3v) is 6.03. The number of rotatable bonds is 14. The summed E-state index contributed by atoms with van der Waals surface area (Å²) in [5.74, 6) is -0.831. The van der Waals surface area contributed by atoms with Gasteiger partial charge in [-0.1, -0.05) is 57.7 Å². The summed E-state index contributed by atoms with van der Waals surface area (Å²) in [4.78, 5) is 41.2. The molecule has 0 spiro atoms. The lowest BCUT2D eigenvalue weighted by Gasteiger charge is -2.34. The van der Waals surface area contributed by atoms with Crippen molar-refractivity contribution in [2.24, 2.45) is 0 Å². The summed E-state index contributed by atoms with van der Waals surface area (Å²) in [6, 6.07) is 3.10. The van der Waals surface area contributed by atoms with Crippen LogP contribution in [0.15, 0.2) is 18.2 Å². The largest absolute Gasteiger partial charge is 0.507 e. The first kappa shape index (κ1) is 31.6. The van der Waals surface area contributed by atoms with Gasteiger partial charge in [-0.25, -0.2) is 4.79 Å². The zero-order valence-corrected chi connectivity index (χ0v) is 23.6. The van der Waals surface area contributed by atoms with E-state index in [2.05, 4.69) is 30.2 Å². The van der Waals surface area contributed by atoms with Gasteiger partial charge in [-0.05, 0) is 46.1 Å². The SMILES string of the molecule is CCCCCCN(C(=O)C(CS)NC(=O)OC(C)(C)C)C(C(=O)NCCCC)c1cccc(C)c1O. The zero-order chi connectivity index (χ0) is 27.3. The highest BCUT2D eigenvalue weighted by Crippen LogP contribution is 2.32. The van der Waals surface area contributed by atoms with Crippen LogP contribution in [0.1, 0.15) is 90.3 Å². The summed E-state index contributed by atoms with van der Waals surface area (Å²) in [7, 11) is 0. The van der Waals surface area contributed by atoms with E-state index in [1.54, 1.807) is 45.9 Å². The Morgan fingerprint density at radius 1 is 1.08 bits per heavy atom. The molecule has 8 nitrogen and oxygen atoms in total. The van der Waals surface area contributed by atoms with E-state index in [4.69, 9.17) is 4.74 Å². The number of hydrogen-bond acceptors (Lipinski definition) is 6. The quantitative estimate of drug-likeness (QED) is 0.205. The van der Waals surface area contributed by atoms with Gasteiger partial charge in [0, 0.05) is 24.4 Å². The van der Waals surface area contributed by atoms with Gasteiger partial charge < -0.3 is 25.4 Å². The number of para-hydroxylation sites is 1. The maximum atomic E-state index is 13.8. The Hall–Kier alpha value is -2.42. The molecular weight excluding hydrogens is 478 g/mol. The van der Waals surface area contributed by atoms with Gasteiger partial charge in [0.2, 0.25) is 11.8 Å². The molecule has 0 aliphatic heterocycles. The van der Waals surface area contributed by atoms with Gasteiger partial charge in [-0.15, -0.1) is 0 Å². The molecule has 0 fully saturated rings. The average molecular weight is 524 g/mol. The van der Waals surface area contributed by atoms with Crippen molar-refractivity contribution < 1.29 is 24.2 Å². The maximum absolute atomic E-state index is 13.8. The van der Waals surface area contributed by atoms with Crippen LogP contribution >= 0.6 is 12.6 Å². The first-order chi connectivity index (χ1) is 17.0. The van der Waals surface area contributed by atoms with Gasteiger partial charge in [-0.2, -0.15) is 12.6 Å². The van der Waals surface area contributed by atoms with Gasteiger partial charge >= 0.3 is 6.09 Å². The summed E-state index contributed by atoms with van der Waals surface area (Å²) < 4.78 is 5.33. The normalized spacial score (nSPS) is 13.0. The number of aromatic hydroxyl groups is 1. The number of alkyl carbamates (subject to hydrolysis) is 1. The minimum Gasteiger partial charge on any atom is -0.507 e. The number of nitrogens with one attached hydrogen (secondary N) is 2. The standard InChI is InChI=1S/C27H45N3O5S/c1-7-9-11-12-17-30(25(33)21(18-36)29-26(34)35-27(4,5)6)22(24(32)28-16-10-8-2)20-15-13-14-19(3)23(20)31/h13-15,21-22,31,36H,7-12,16-18H2,1-6H3,(H,28,32)(H,29,34). The lowest BCUT2D eigenvalue weighted by molar-refractivity contribution is -0.142. The molecule has 0 bridgehead atoms. The number of carbonyl (C=O) groups excluding carboxylic acids is 3. The fraction of sp³-hybridized carbons (Fsp3) is 0.667. The Labute approximate surface area is 222 Å². The van der Waals surface area contributed by atoms with Crippen molar-refractivity contribution in [3.8, 4) is 5.75 Å². The number of phenols is 1. The minimum absolute atomic E-state index is 0.0213. The molecule has 2 atom stereocenters. The molecule has 0 heterocycles. The van der Waals surface area contributed by atoms with Crippen LogP contribution in [0.4, 0.5) is 4.79 Å². The third kappa shape index (κ3) is 10.3. The van der Waals surface area contributed by atoms with E-state index < -0.39 is 29.7 Å². The van der Waals surface area contributed by atoms with E-state index in [0.29, 0.717) is 30.6 Å². The highest BCUT2D eigenvalue weighted by Gasteiger charge is 2.37. The molecule has 3 N–H and O–H groups in total. The second-order valence-corrected chi connectivity index (χ2v) is 10.4. The monoisotopic (exact) mass is 523 g/mol. The number of unbranched alkanes of at least 4 members (excludes halogenated alkanes) is 4. The second kappa shape index (κ2) is 15.6. The van der Waals surface area contributed by atoms with Crippen molar-refractivity contribution in [3.63, 3.8) is 0 Å². The van der Waals surface area contributed by atoms with Crippen LogP contribution in [0.2, 0.25) is 0 Å². The molecule has 0 aliphatic carbocycles. The molecule has 1 aromatic rings. The molecule has 36 heavy (non-hydrogen) atoms. The topological polar surface area (TPSA) is 108 Å². The summed E-state index contributed by atoms with van der Waals surface area (Å²) in [5.41, 5.74) is 0.223. The van der Waals surface area contributed by atoms with Gasteiger partial charge in [0.1, 0.15) is 23.4 Å². The van der Waals surface area contributed by atoms with E-state index in [9.17, 15) is 19.5 Å². The van der Waals surface area contributed by atoms with Crippen LogP contribution < -0.4 is 10.6 Å². The van der Waals surface area contributed by atoms with Crippen LogP contribution in [0.25, 0.3) is 0 Å². The fourth-order valence-electron chi connectivity index (χ4n) is 3.75. The number of benzene rings is 1. The molecule has 9 heteroatoms. The average Bonchev–Trinajstić information content (AvgIpc) is 2.80. The molecule has 1 aromatic carbocycles. The predicted molar refractivity (Wildman–Crippen MR) is 146 cm³/mol. The number of amides is 3. The Kier molecular flexibility index (Phi) is 13.7. The lowest BCUT2D eigenvalue weighted by atomic mass is 9.98. The van der Waals surface area contributed by atoms with E-state index >= 15 is 0 Å². The van der Waals surface area contributed by atoms with Crippen LogP contribution in [0.3, 0.4) is 0 Å². The molecule has 204 valence electrons. The lowest BCUT2D eigenvalue weighted by Crippen LogP contribution is -2.54. The zero-order valence-electron chi connectivity index (χ0n) is 22.7. The van der Waals surface area contributed by atoms with Gasteiger partial charge in [-0.3, -0.25) is 9.59 Å². The molecule has 0 saturated heterocycles. The van der Waals surface area contributed by atoms with Gasteiger partial charge in [0.15, 0.2) is 0 Å². The molecular formula is C27H45N3O5S. The van der Waals surface area contributed by atoms with Crippen LogP contribution in [-0.4, -0.2) is 58.4 Å². The number of thiol groups is 1. The molecule has 2 unspecified atom stereocenters. The molecule has 3 amide bonds. The molecule has 0 aromatic heterocycles. The van der Waals surface area contributed by atoms with Crippen molar-refractivity contribution in [2.45, 2.75) is 97.8 Å². The van der Waals surface area contributed by atoms with E-state index in [0.717, 1.165) is 32.1 Å². The maximum Gasteiger partial charge on any atom is 0.408 e. The number of ether oxygens (including phenoxy) is 1. The van der Waals surface area contributed by atoms with Crippen molar-refractivity contribution in [2.75, 3.05) is 18.8 Å². The Bertz CT molecular complexity index is 856. The summed E-state index contributed by atoms with van der Waals surface area (Å²) in [6.07, 6.45) is 4.54. The molecule has 0 saturated carbocycles. The summed E-state index contributed by atoms with van der Waals surface area (Å²) >= 11 is 4.31. The van der Waals surface area contributed by atoms with Gasteiger partial charge in [0.05, 0.1) is 0 Å². The number of aryl methyl sites for hydroxylation is 1. The van der Waals surface area contributed by atoms with Crippen LogP contribution in [0, 0.1) is 6.92 Å². The van der Waals surface area contributed by atoms with Crippen molar-refractivity contribution in [1.82, 2.24) is 15.5 Å². The summed E-state index contributed by atoms with van der Waals surface area (Å²) in [6.45, 7) is 11.8. The Morgan fingerprint density at radius 3 is 2.33 bits per heavy atom. The third-order valence-electron chi connectivity index (χ3n) is 5.66. The number of phenolic OH excluding ortho intramolecular Hbond substituents is 1. The van der Waals surface area contributed by atoms with Crippen molar-refractivity contribution >= 4 is 30.5 Å². The highest BCUT2D eigenvalue weighted by atomic mass is 32.1. The van der Waals surface area contributed by atoms with Crippen molar-refractivity contribution in [3.05, 3.63) is 29.3 Å². The summed E-state index contributed by atoms with van der Waals surface area (Å²) in [5, 5.41) is 16.4. The second-order valence-electron chi connectivity index (χ2n) is 10.0. The predicted octanol–water partition coefficient (Wildman–Crippen LogP) is 4.89. The number of hydrogen-bond donors (Lipinski definition) is 4. The van der Waals surface area contributed by atoms with Crippen LogP contribution in [-0.2, 0) is 14.3 Å². The fourth-order valence-corrected chi connectivity index (χ4v) is 4.00. The first-order valence-corrected chi connectivity index (χ1v) is 13.6. The van der Waals surface area contributed by atoms with Crippen molar-refractivity contribution in [1.29, 1.82) is 0 Å². The number of carbonyl (C=O) groups is 3. The smallest absolute Gasteiger partial charge is 0.408 e. The first-order valence-electron chi connectivity index (χ1n) is 12.9. The van der Waals surface area contributed by atoms with Crippen LogP contribution in [0.5, 0.6) is 5.75 Å². The highest BCUT2D eigenvalue weighted by molar-refractivity contribution is 7.80. The van der Waals surface area contributed by atoms with E-state index in [1.165, 1.54) is 4.90 Å². The molecule has 0 aliphatic rings. The van der Waals surface area contributed by atoms with E-state index in [1.807, 2.05) is 6.92 Å². The Balaban J connectivity index is 3.42. The minimum atomic E-state index is -1.06. The molecule has 1 rings (SSSR count). The van der Waals surface area contributed by atoms with Gasteiger partial charge in [0.25, 0.3) is 0 Å². The van der Waals surface area contributed by atoms with E-state index in [-0.39, 0.29) is 17.4 Å². The molecule has 0 radical (unpaired) electrons. The number of nitrogens with zero attached hydrogens (tertiary/aromatic N) is 1.